The van der Waals surface area contributed by atoms with Crippen LogP contribution in [0.5, 0.6) is 6.01 Å². The van der Waals surface area contributed by atoms with E-state index in [9.17, 15) is 0 Å². The molecule has 0 aromatic carbocycles. The van der Waals surface area contributed by atoms with Crippen LogP contribution in [0.4, 0.5) is 0 Å². The lowest BCUT2D eigenvalue weighted by Crippen LogP contribution is -1.93. The SMILES string of the molecule is COc1ncc2nccnc2n1. The quantitative estimate of drug-likeness (QED) is 0.608. The number of ether oxygens (including phenoxy) is 1. The van der Waals surface area contributed by atoms with E-state index in [1.54, 1.807) is 18.6 Å². The third-order valence-corrected chi connectivity index (χ3v) is 1.39. The van der Waals surface area contributed by atoms with Gasteiger partial charge in [-0.1, -0.05) is 0 Å². The Hall–Kier alpha value is -1.78. The van der Waals surface area contributed by atoms with Gasteiger partial charge in [0.1, 0.15) is 5.52 Å². The van der Waals surface area contributed by atoms with Crippen molar-refractivity contribution in [2.75, 3.05) is 7.11 Å². The van der Waals surface area contributed by atoms with Crippen molar-refractivity contribution in [3.05, 3.63) is 18.6 Å². The van der Waals surface area contributed by atoms with Crippen molar-refractivity contribution in [2.24, 2.45) is 0 Å². The van der Waals surface area contributed by atoms with E-state index >= 15 is 0 Å². The maximum absolute atomic E-state index is 4.83. The molecule has 2 rings (SSSR count). The monoisotopic (exact) mass is 162 g/mol. The van der Waals surface area contributed by atoms with Gasteiger partial charge in [0.2, 0.25) is 0 Å². The maximum Gasteiger partial charge on any atom is 0.318 e. The molecule has 0 aliphatic rings. The predicted molar refractivity (Wildman–Crippen MR) is 41.7 cm³/mol. The number of aromatic nitrogens is 4. The van der Waals surface area contributed by atoms with Crippen LogP contribution in [0.1, 0.15) is 0 Å². The van der Waals surface area contributed by atoms with E-state index in [-0.39, 0.29) is 0 Å². The van der Waals surface area contributed by atoms with Gasteiger partial charge in [-0.2, -0.15) is 4.98 Å². The van der Waals surface area contributed by atoms with E-state index < -0.39 is 0 Å². The van der Waals surface area contributed by atoms with Gasteiger partial charge in [0.25, 0.3) is 0 Å². The topological polar surface area (TPSA) is 60.8 Å². The minimum Gasteiger partial charge on any atom is -0.467 e. The number of fused-ring (bicyclic) bond motifs is 1. The molecular weight excluding hydrogens is 156 g/mol. The summed E-state index contributed by atoms with van der Waals surface area (Å²) in [5.41, 5.74) is 1.21. The van der Waals surface area contributed by atoms with Gasteiger partial charge in [-0.15, -0.1) is 0 Å². The van der Waals surface area contributed by atoms with Crippen molar-refractivity contribution >= 4 is 11.2 Å². The second-order valence-electron chi connectivity index (χ2n) is 2.12. The highest BCUT2D eigenvalue weighted by molar-refractivity contribution is 5.67. The first-order chi connectivity index (χ1) is 5.90. The van der Waals surface area contributed by atoms with E-state index in [1.165, 1.54) is 7.11 Å². The highest BCUT2D eigenvalue weighted by Gasteiger charge is 1.99. The molecule has 12 heavy (non-hydrogen) atoms. The second kappa shape index (κ2) is 2.69. The van der Waals surface area contributed by atoms with Crippen molar-refractivity contribution in [2.45, 2.75) is 0 Å². The van der Waals surface area contributed by atoms with Crippen LogP contribution in [0.2, 0.25) is 0 Å². The molecule has 0 unspecified atom stereocenters. The molecule has 0 N–H and O–H groups in total. The minimum absolute atomic E-state index is 0.308. The van der Waals surface area contributed by atoms with E-state index in [2.05, 4.69) is 19.9 Å². The summed E-state index contributed by atoms with van der Waals surface area (Å²) in [7, 11) is 1.51. The third-order valence-electron chi connectivity index (χ3n) is 1.39. The molecule has 0 aliphatic heterocycles. The van der Waals surface area contributed by atoms with Crippen LogP contribution >= 0.6 is 0 Å². The third kappa shape index (κ3) is 1.05. The molecule has 0 saturated carbocycles. The molecule has 5 nitrogen and oxygen atoms in total. The molecule has 2 aromatic heterocycles. The van der Waals surface area contributed by atoms with Crippen LogP contribution in [-0.4, -0.2) is 27.0 Å². The van der Waals surface area contributed by atoms with Crippen LogP contribution in [0.3, 0.4) is 0 Å². The Morgan fingerprint density at radius 1 is 1.17 bits per heavy atom. The smallest absolute Gasteiger partial charge is 0.318 e. The van der Waals surface area contributed by atoms with Crippen LogP contribution in [0.15, 0.2) is 18.6 Å². The van der Waals surface area contributed by atoms with Gasteiger partial charge in [0.05, 0.1) is 13.3 Å². The van der Waals surface area contributed by atoms with Crippen molar-refractivity contribution < 1.29 is 4.74 Å². The average molecular weight is 162 g/mol. The van der Waals surface area contributed by atoms with Gasteiger partial charge < -0.3 is 4.74 Å². The van der Waals surface area contributed by atoms with Gasteiger partial charge in [-0.05, 0) is 0 Å². The number of hydrogen-bond acceptors (Lipinski definition) is 5. The van der Waals surface area contributed by atoms with E-state index in [1.807, 2.05) is 0 Å². The van der Waals surface area contributed by atoms with E-state index in [0.29, 0.717) is 17.2 Å². The average Bonchev–Trinajstić information content (AvgIpc) is 2.17. The Morgan fingerprint density at radius 2 is 2.00 bits per heavy atom. The zero-order valence-corrected chi connectivity index (χ0v) is 6.43. The number of hydrogen-bond donors (Lipinski definition) is 0. The zero-order chi connectivity index (χ0) is 8.39. The zero-order valence-electron chi connectivity index (χ0n) is 6.43. The van der Waals surface area contributed by atoms with Gasteiger partial charge in [-0.3, -0.25) is 0 Å². The van der Waals surface area contributed by atoms with Crippen LogP contribution < -0.4 is 4.74 Å². The van der Waals surface area contributed by atoms with Crippen LogP contribution in [-0.2, 0) is 0 Å². The Bertz CT molecular complexity index is 403. The first kappa shape index (κ1) is 6.90. The van der Waals surface area contributed by atoms with Crippen LogP contribution in [0, 0.1) is 0 Å². The summed E-state index contributed by atoms with van der Waals surface area (Å²) in [4.78, 5) is 15.9. The lowest BCUT2D eigenvalue weighted by molar-refractivity contribution is 0.381. The van der Waals surface area contributed by atoms with Crippen molar-refractivity contribution in [3.63, 3.8) is 0 Å². The second-order valence-corrected chi connectivity index (χ2v) is 2.12. The number of rotatable bonds is 1. The standard InChI is InChI=1S/C7H6N4O/c1-12-7-10-4-5-6(11-7)9-3-2-8-5/h2-4H,1H3. The normalized spacial score (nSPS) is 10.1. The minimum atomic E-state index is 0.308. The highest BCUT2D eigenvalue weighted by Crippen LogP contribution is 2.06. The molecule has 0 amide bonds. The summed E-state index contributed by atoms with van der Waals surface area (Å²) in [6.45, 7) is 0. The molecule has 0 atom stereocenters. The van der Waals surface area contributed by atoms with Crippen molar-refractivity contribution in [1.82, 2.24) is 19.9 Å². The molecule has 60 valence electrons. The fourth-order valence-electron chi connectivity index (χ4n) is 0.853. The Labute approximate surface area is 68.5 Å². The van der Waals surface area contributed by atoms with E-state index in [4.69, 9.17) is 4.74 Å². The first-order valence-corrected chi connectivity index (χ1v) is 3.38. The molecule has 0 spiro atoms. The van der Waals surface area contributed by atoms with Gasteiger partial charge >= 0.3 is 6.01 Å². The summed E-state index contributed by atoms with van der Waals surface area (Å²) in [6.07, 6.45) is 4.75. The molecule has 0 bridgehead atoms. The summed E-state index contributed by atoms with van der Waals surface area (Å²) in [5.74, 6) is 0. The number of nitrogens with zero attached hydrogens (tertiary/aromatic N) is 4. The molecule has 0 fully saturated rings. The van der Waals surface area contributed by atoms with Crippen molar-refractivity contribution in [3.8, 4) is 6.01 Å². The molecule has 0 aliphatic carbocycles. The van der Waals surface area contributed by atoms with Gasteiger partial charge in [0.15, 0.2) is 5.65 Å². The highest BCUT2D eigenvalue weighted by atomic mass is 16.5. The predicted octanol–water partition coefficient (Wildman–Crippen LogP) is 0.428. The Morgan fingerprint density at radius 3 is 2.83 bits per heavy atom. The maximum atomic E-state index is 4.83. The van der Waals surface area contributed by atoms with Crippen LogP contribution in [0.25, 0.3) is 11.2 Å². The van der Waals surface area contributed by atoms with Gasteiger partial charge in [0, 0.05) is 12.4 Å². The van der Waals surface area contributed by atoms with Crippen molar-refractivity contribution in [1.29, 1.82) is 0 Å². The van der Waals surface area contributed by atoms with Gasteiger partial charge in [-0.25, -0.2) is 15.0 Å². The molecule has 0 saturated heterocycles. The summed E-state index contributed by atoms with van der Waals surface area (Å²) in [5, 5.41) is 0. The Kier molecular flexibility index (Phi) is 1.55. The molecule has 0 radical (unpaired) electrons. The number of methoxy groups -OCH3 is 1. The fourth-order valence-corrected chi connectivity index (χ4v) is 0.853. The fraction of sp³-hybridized carbons (Fsp3) is 0.143. The molecular formula is C7H6N4O. The molecule has 2 aromatic rings. The first-order valence-electron chi connectivity index (χ1n) is 3.38. The summed E-state index contributed by atoms with van der Waals surface area (Å²) < 4.78 is 4.83. The largest absolute Gasteiger partial charge is 0.467 e. The summed E-state index contributed by atoms with van der Waals surface area (Å²) in [6, 6.07) is 0.308. The lowest BCUT2D eigenvalue weighted by Gasteiger charge is -1.96. The van der Waals surface area contributed by atoms with E-state index in [0.717, 1.165) is 0 Å². The Balaban J connectivity index is 2.67. The molecule has 5 heteroatoms. The lowest BCUT2D eigenvalue weighted by atomic mass is 10.5. The molecule has 2 heterocycles. The summed E-state index contributed by atoms with van der Waals surface area (Å²) >= 11 is 0.